The molecule has 4 heteroatoms. The lowest BCUT2D eigenvalue weighted by molar-refractivity contribution is 0.868. The first-order valence-electron chi connectivity index (χ1n) is 37.8. The van der Waals surface area contributed by atoms with Crippen molar-refractivity contribution in [1.29, 1.82) is 0 Å². The fraction of sp³-hybridized carbons (Fsp3) is 0.0769. The van der Waals surface area contributed by atoms with Gasteiger partial charge in [-0.05, 0) is 248 Å². The van der Waals surface area contributed by atoms with E-state index in [0.29, 0.717) is 11.8 Å². The van der Waals surface area contributed by atoms with Crippen LogP contribution in [0.4, 0.5) is 68.2 Å². The summed E-state index contributed by atoms with van der Waals surface area (Å²) in [6.45, 7) is 13.5. The van der Waals surface area contributed by atoms with Crippen LogP contribution < -0.4 is 19.6 Å². The summed E-state index contributed by atoms with van der Waals surface area (Å²) < 4.78 is 0. The molecule has 0 amide bonds. The van der Waals surface area contributed by atoms with Gasteiger partial charge in [0.1, 0.15) is 0 Å². The third-order valence-electron chi connectivity index (χ3n) is 21.2. The first-order chi connectivity index (χ1) is 53.1. The minimum atomic E-state index is 0.386. The SMILES string of the molecule is Cc1ccc(N(c2ccccc2)c2c3ccc(C(C)C)cc3c(N(c3ccccc3)c3ccc(C)cc3)c3ccc(C(C)C)cc23)cc1.c1ccc(N(c2ccccc2)c2ccc3c(-c4ccc5ccccc5c4)c4cc(N(c5ccccc5)c5ccccc5)ccc4c(-c4ccc5ccccc5c4)c3c2)cc1. The average molecular weight is 1390 g/mol. The number of hydrogen-bond donors (Lipinski definition) is 0. The van der Waals surface area contributed by atoms with Gasteiger partial charge in [0.05, 0.1) is 11.4 Å². The van der Waals surface area contributed by atoms with Crippen LogP contribution in [0.15, 0.2) is 388 Å². The van der Waals surface area contributed by atoms with Crippen molar-refractivity contribution in [2.75, 3.05) is 19.6 Å². The molecule has 0 saturated carbocycles. The Hall–Kier alpha value is -13.3. The van der Waals surface area contributed by atoms with Crippen molar-refractivity contribution in [1.82, 2.24) is 0 Å². The van der Waals surface area contributed by atoms with Gasteiger partial charge in [0.15, 0.2) is 0 Å². The van der Waals surface area contributed by atoms with Crippen molar-refractivity contribution in [2.45, 2.75) is 53.4 Å². The van der Waals surface area contributed by atoms with Gasteiger partial charge in [0.2, 0.25) is 0 Å². The number of para-hydroxylation sites is 6. The second-order valence-electron chi connectivity index (χ2n) is 29.0. The number of aryl methyl sites for hydroxylation is 2. The standard InChI is InChI=1S/C58H40N2.C46H44N2/c1-5-21-47(22-6-1)59(48-23-7-2-8-24-48)51-33-35-53-55(39-51)57(45-31-29-41-17-13-15-19-43(41)37-45)54-36-34-52(60(49-25-9-3-10-26-49)50-27-11-4-12-28-50)40-56(54)58(53)46-32-30-42-18-14-16-20-44(42)38-46;1-31(2)35-21-27-41-43(29-35)45(47(37-13-9-7-10-14-37)39-23-17-33(5)18-24-39)42-28-22-36(32(3)4)30-44(42)46(41)48(38-15-11-8-12-16-38)40-25-19-34(6)20-26-40/h1-40H;7-32H,1-6H3. The highest BCUT2D eigenvalue weighted by Crippen LogP contribution is 2.54. The molecular formula is C104H84N4. The number of fused-ring (bicyclic) bond motifs is 6. The molecule has 0 aliphatic rings. The molecule has 0 aromatic heterocycles. The normalized spacial score (nSPS) is 11.4. The van der Waals surface area contributed by atoms with Crippen LogP contribution in [-0.2, 0) is 0 Å². The van der Waals surface area contributed by atoms with E-state index in [2.05, 4.69) is 449 Å². The molecule has 0 saturated heterocycles. The molecule has 0 N–H and O–H groups in total. The average Bonchev–Trinajstić information content (AvgIpc) is 0.723. The van der Waals surface area contributed by atoms with Crippen LogP contribution in [0.1, 0.15) is 61.8 Å². The van der Waals surface area contributed by atoms with Crippen molar-refractivity contribution in [3.05, 3.63) is 411 Å². The Kier molecular flexibility index (Phi) is 18.7. The molecule has 108 heavy (non-hydrogen) atoms. The third-order valence-corrected chi connectivity index (χ3v) is 21.2. The fourth-order valence-corrected chi connectivity index (χ4v) is 15.8. The zero-order chi connectivity index (χ0) is 73.2. The lowest BCUT2D eigenvalue weighted by atomic mass is 9.84. The topological polar surface area (TPSA) is 13.0 Å². The van der Waals surface area contributed by atoms with E-state index in [9.17, 15) is 0 Å². The predicted octanol–water partition coefficient (Wildman–Crippen LogP) is 30.4. The van der Waals surface area contributed by atoms with Gasteiger partial charge in [0, 0.05) is 78.4 Å². The van der Waals surface area contributed by atoms with E-state index >= 15 is 0 Å². The summed E-state index contributed by atoms with van der Waals surface area (Å²) in [5, 5.41) is 14.6. The van der Waals surface area contributed by atoms with E-state index in [1.54, 1.807) is 0 Å². The number of rotatable bonds is 16. The van der Waals surface area contributed by atoms with Crippen LogP contribution in [-0.4, -0.2) is 0 Å². The van der Waals surface area contributed by atoms with Gasteiger partial charge in [-0.2, -0.15) is 0 Å². The zero-order valence-corrected chi connectivity index (χ0v) is 61.9. The zero-order valence-electron chi connectivity index (χ0n) is 61.9. The highest BCUT2D eigenvalue weighted by Gasteiger charge is 2.28. The molecule has 0 heterocycles. The van der Waals surface area contributed by atoms with Crippen LogP contribution in [0.2, 0.25) is 0 Å². The van der Waals surface area contributed by atoms with Gasteiger partial charge in [-0.15, -0.1) is 0 Å². The maximum Gasteiger partial charge on any atom is 0.0620 e. The van der Waals surface area contributed by atoms with Crippen molar-refractivity contribution >= 4 is 133 Å². The van der Waals surface area contributed by atoms with Gasteiger partial charge in [0.25, 0.3) is 0 Å². The van der Waals surface area contributed by atoms with Crippen LogP contribution >= 0.6 is 0 Å². The highest BCUT2D eigenvalue weighted by atomic mass is 15.2. The molecule has 520 valence electrons. The summed E-state index contributed by atoms with van der Waals surface area (Å²) in [6.07, 6.45) is 0. The number of anilines is 12. The van der Waals surface area contributed by atoms with Gasteiger partial charge >= 0.3 is 0 Å². The summed E-state index contributed by atoms with van der Waals surface area (Å²) >= 11 is 0. The molecule has 0 spiro atoms. The summed E-state index contributed by atoms with van der Waals surface area (Å²) in [6, 6.07) is 142. The Morgan fingerprint density at radius 1 is 0.185 bits per heavy atom. The van der Waals surface area contributed by atoms with Crippen LogP contribution in [0.3, 0.4) is 0 Å². The molecule has 0 aliphatic heterocycles. The largest absolute Gasteiger partial charge is 0.310 e. The van der Waals surface area contributed by atoms with Crippen LogP contribution in [0, 0.1) is 13.8 Å². The Labute approximate surface area is 634 Å². The van der Waals surface area contributed by atoms with E-state index in [1.807, 2.05) is 0 Å². The quantitative estimate of drug-likeness (QED) is 0.0706. The highest BCUT2D eigenvalue weighted by molar-refractivity contribution is 6.25. The van der Waals surface area contributed by atoms with Crippen LogP contribution in [0.5, 0.6) is 0 Å². The van der Waals surface area contributed by atoms with E-state index in [0.717, 1.165) is 56.9 Å². The molecular weight excluding hydrogens is 1310 g/mol. The van der Waals surface area contributed by atoms with Crippen molar-refractivity contribution in [3.63, 3.8) is 0 Å². The number of hydrogen-bond acceptors (Lipinski definition) is 4. The molecule has 18 rings (SSSR count). The van der Waals surface area contributed by atoms with E-state index in [1.165, 1.54) is 121 Å². The summed E-state index contributed by atoms with van der Waals surface area (Å²) in [5.41, 5.74) is 23.6. The third kappa shape index (κ3) is 13.2. The number of benzene rings is 18. The molecule has 18 aromatic rings. The molecule has 0 bridgehead atoms. The molecule has 0 fully saturated rings. The summed E-state index contributed by atoms with van der Waals surface area (Å²) in [7, 11) is 0. The summed E-state index contributed by atoms with van der Waals surface area (Å²) in [4.78, 5) is 9.66. The monoisotopic (exact) mass is 1390 g/mol. The molecule has 4 nitrogen and oxygen atoms in total. The first-order valence-corrected chi connectivity index (χ1v) is 37.8. The number of nitrogens with zero attached hydrogens (tertiary/aromatic N) is 4. The van der Waals surface area contributed by atoms with E-state index in [-0.39, 0.29) is 0 Å². The Morgan fingerprint density at radius 2 is 0.454 bits per heavy atom. The minimum absolute atomic E-state index is 0.386. The second kappa shape index (κ2) is 29.7. The molecule has 0 unspecified atom stereocenters. The summed E-state index contributed by atoms with van der Waals surface area (Å²) in [5.74, 6) is 0.771. The minimum Gasteiger partial charge on any atom is -0.310 e. The fourth-order valence-electron chi connectivity index (χ4n) is 15.8. The van der Waals surface area contributed by atoms with Crippen molar-refractivity contribution in [2.24, 2.45) is 0 Å². The smallest absolute Gasteiger partial charge is 0.0620 e. The van der Waals surface area contributed by atoms with Gasteiger partial charge in [-0.3, -0.25) is 0 Å². The molecule has 18 aromatic carbocycles. The molecule has 0 aliphatic carbocycles. The Bertz CT molecular complexity index is 5780. The lowest BCUT2D eigenvalue weighted by Crippen LogP contribution is -2.15. The van der Waals surface area contributed by atoms with Crippen LogP contribution in [0.25, 0.3) is 86.9 Å². The predicted molar refractivity (Wildman–Crippen MR) is 465 cm³/mol. The molecule has 0 radical (unpaired) electrons. The molecule has 0 atom stereocenters. The van der Waals surface area contributed by atoms with Gasteiger partial charge < -0.3 is 19.6 Å². The second-order valence-corrected chi connectivity index (χ2v) is 29.0. The van der Waals surface area contributed by atoms with Crippen molar-refractivity contribution in [3.8, 4) is 22.3 Å². The Morgan fingerprint density at radius 3 is 0.769 bits per heavy atom. The van der Waals surface area contributed by atoms with E-state index < -0.39 is 0 Å². The van der Waals surface area contributed by atoms with Gasteiger partial charge in [-0.25, -0.2) is 0 Å². The Balaban J connectivity index is 0.000000162. The lowest BCUT2D eigenvalue weighted by Gasteiger charge is -2.33. The first kappa shape index (κ1) is 67.9. The maximum absolute atomic E-state index is 2.46. The van der Waals surface area contributed by atoms with Gasteiger partial charge in [-0.1, -0.05) is 281 Å². The van der Waals surface area contributed by atoms with E-state index in [4.69, 9.17) is 0 Å². The maximum atomic E-state index is 2.46. The van der Waals surface area contributed by atoms with Crippen molar-refractivity contribution < 1.29 is 0 Å².